The number of para-hydroxylation sites is 1. The van der Waals surface area contributed by atoms with Crippen molar-refractivity contribution in [3.63, 3.8) is 0 Å². The first kappa shape index (κ1) is 14.7. The Morgan fingerprint density at radius 3 is 3.04 bits per heavy atom. The average molecular weight is 315 g/mol. The first-order valence-electron chi connectivity index (χ1n) is 8.00. The zero-order valence-electron chi connectivity index (χ0n) is 13.5. The van der Waals surface area contributed by atoms with Gasteiger partial charge in [0.05, 0.1) is 30.4 Å². The molecule has 1 spiro atoms. The summed E-state index contributed by atoms with van der Waals surface area (Å²) in [5.41, 5.74) is 1.27. The molecule has 0 bridgehead atoms. The first-order chi connectivity index (χ1) is 11.1. The van der Waals surface area contributed by atoms with Crippen molar-refractivity contribution in [2.75, 3.05) is 26.8 Å². The third-order valence-electron chi connectivity index (χ3n) is 5.07. The molecule has 2 aliphatic heterocycles. The van der Waals surface area contributed by atoms with E-state index in [2.05, 4.69) is 5.10 Å². The van der Waals surface area contributed by atoms with E-state index in [1.165, 1.54) is 0 Å². The van der Waals surface area contributed by atoms with Crippen LogP contribution in [0.5, 0.6) is 0 Å². The van der Waals surface area contributed by atoms with Gasteiger partial charge in [0, 0.05) is 32.5 Å². The van der Waals surface area contributed by atoms with E-state index in [4.69, 9.17) is 9.47 Å². The molecule has 2 unspecified atom stereocenters. The number of amides is 1. The smallest absolute Gasteiger partial charge is 0.275 e. The number of nitrogens with zero attached hydrogens (tertiary/aromatic N) is 3. The predicted molar refractivity (Wildman–Crippen MR) is 85.3 cm³/mol. The van der Waals surface area contributed by atoms with Crippen LogP contribution in [0.4, 0.5) is 0 Å². The van der Waals surface area contributed by atoms with Crippen molar-refractivity contribution in [2.24, 2.45) is 7.05 Å². The monoisotopic (exact) mass is 315 g/mol. The third kappa shape index (κ3) is 2.33. The Hall–Kier alpha value is -1.92. The maximum atomic E-state index is 12.9. The summed E-state index contributed by atoms with van der Waals surface area (Å²) in [6.45, 7) is 1.95. The highest BCUT2D eigenvalue weighted by atomic mass is 16.6. The Balaban J connectivity index is 1.58. The number of hydrogen-bond donors (Lipinski definition) is 0. The Labute approximate surface area is 135 Å². The number of carbonyl (C=O) groups is 1. The number of fused-ring (bicyclic) bond motifs is 1. The number of aromatic nitrogens is 2. The largest absolute Gasteiger partial charge is 0.379 e. The van der Waals surface area contributed by atoms with Crippen LogP contribution in [0.1, 0.15) is 23.3 Å². The summed E-state index contributed by atoms with van der Waals surface area (Å²) in [5, 5.41) is 5.35. The van der Waals surface area contributed by atoms with Crippen LogP contribution in [0.25, 0.3) is 10.9 Å². The number of carbonyl (C=O) groups excluding carboxylic acids is 1. The van der Waals surface area contributed by atoms with Gasteiger partial charge in [-0.1, -0.05) is 18.2 Å². The number of hydrogen-bond acceptors (Lipinski definition) is 4. The molecule has 2 aliphatic rings. The minimum Gasteiger partial charge on any atom is -0.379 e. The molecule has 0 N–H and O–H groups in total. The second kappa shape index (κ2) is 5.32. The van der Waals surface area contributed by atoms with Crippen molar-refractivity contribution >= 4 is 16.8 Å². The van der Waals surface area contributed by atoms with Crippen LogP contribution >= 0.6 is 0 Å². The van der Waals surface area contributed by atoms with Gasteiger partial charge in [-0.2, -0.15) is 5.10 Å². The van der Waals surface area contributed by atoms with E-state index in [1.54, 1.807) is 11.8 Å². The Bertz CT molecular complexity index is 757. The summed E-state index contributed by atoms with van der Waals surface area (Å²) >= 11 is 0. The quantitative estimate of drug-likeness (QED) is 0.844. The summed E-state index contributed by atoms with van der Waals surface area (Å²) in [4.78, 5) is 14.8. The van der Waals surface area contributed by atoms with Gasteiger partial charge in [0.1, 0.15) is 0 Å². The van der Waals surface area contributed by atoms with E-state index >= 15 is 0 Å². The van der Waals surface area contributed by atoms with Crippen LogP contribution in [0.15, 0.2) is 24.3 Å². The molecule has 1 aromatic carbocycles. The van der Waals surface area contributed by atoms with Crippen molar-refractivity contribution in [1.29, 1.82) is 0 Å². The molecule has 2 aromatic rings. The number of benzene rings is 1. The van der Waals surface area contributed by atoms with Crippen molar-refractivity contribution in [3.05, 3.63) is 30.0 Å². The van der Waals surface area contributed by atoms with Crippen LogP contribution in [0, 0.1) is 0 Å². The number of ether oxygens (including phenoxy) is 2. The second-order valence-electron chi connectivity index (χ2n) is 6.52. The van der Waals surface area contributed by atoms with Crippen LogP contribution in [0.2, 0.25) is 0 Å². The lowest BCUT2D eigenvalue weighted by molar-refractivity contribution is 0.00698. The summed E-state index contributed by atoms with van der Waals surface area (Å²) in [5.74, 6) is -0.0110. The molecule has 6 heteroatoms. The molecular weight excluding hydrogens is 294 g/mol. The molecule has 6 nitrogen and oxygen atoms in total. The molecule has 23 heavy (non-hydrogen) atoms. The minimum atomic E-state index is -0.235. The lowest BCUT2D eigenvalue weighted by Crippen LogP contribution is -2.36. The molecule has 1 amide bonds. The lowest BCUT2D eigenvalue weighted by atomic mass is 9.98. The van der Waals surface area contributed by atoms with Gasteiger partial charge in [0.25, 0.3) is 5.91 Å². The van der Waals surface area contributed by atoms with Crippen molar-refractivity contribution < 1.29 is 14.3 Å². The fourth-order valence-corrected chi connectivity index (χ4v) is 3.78. The standard InChI is InChI=1S/C17H21N3O3/c1-19-14-6-4-3-5-13(14)15(18-19)16(21)20-8-7-17(11-20)9-12(22-2)10-23-17/h3-6,12H,7-11H2,1-2H3. The normalized spacial score (nSPS) is 27.4. The fraction of sp³-hybridized carbons (Fsp3) is 0.529. The number of methoxy groups -OCH3 is 1. The zero-order valence-corrected chi connectivity index (χ0v) is 13.5. The molecular formula is C17H21N3O3. The fourth-order valence-electron chi connectivity index (χ4n) is 3.78. The number of rotatable bonds is 2. The Morgan fingerprint density at radius 2 is 2.26 bits per heavy atom. The zero-order chi connectivity index (χ0) is 16.0. The summed E-state index contributed by atoms with van der Waals surface area (Å²) < 4.78 is 13.1. The predicted octanol–water partition coefficient (Wildman–Crippen LogP) is 1.59. The van der Waals surface area contributed by atoms with Crippen LogP contribution in [0.3, 0.4) is 0 Å². The van der Waals surface area contributed by atoms with Gasteiger partial charge in [-0.05, 0) is 12.5 Å². The van der Waals surface area contributed by atoms with Gasteiger partial charge in [0.2, 0.25) is 0 Å². The van der Waals surface area contributed by atoms with Gasteiger partial charge < -0.3 is 14.4 Å². The van der Waals surface area contributed by atoms with E-state index in [9.17, 15) is 4.79 Å². The van der Waals surface area contributed by atoms with E-state index in [0.717, 1.165) is 23.7 Å². The highest BCUT2D eigenvalue weighted by Gasteiger charge is 2.47. The van der Waals surface area contributed by atoms with Crippen molar-refractivity contribution in [1.82, 2.24) is 14.7 Å². The third-order valence-corrected chi connectivity index (χ3v) is 5.07. The molecule has 122 valence electrons. The number of likely N-dealkylation sites (tertiary alicyclic amines) is 1. The molecule has 2 atom stereocenters. The summed E-state index contributed by atoms with van der Waals surface area (Å²) in [6, 6.07) is 7.83. The van der Waals surface area contributed by atoms with Crippen LogP contribution in [-0.2, 0) is 16.5 Å². The van der Waals surface area contributed by atoms with E-state index in [0.29, 0.717) is 25.4 Å². The average Bonchev–Trinajstić information content (AvgIpc) is 3.26. The SMILES string of the molecule is COC1COC2(CCN(C(=O)c3nn(C)c4ccccc34)C2)C1. The van der Waals surface area contributed by atoms with E-state index in [1.807, 2.05) is 36.2 Å². The lowest BCUT2D eigenvalue weighted by Gasteiger charge is -2.22. The maximum absolute atomic E-state index is 12.9. The topological polar surface area (TPSA) is 56.6 Å². The molecule has 0 saturated carbocycles. The highest BCUT2D eigenvalue weighted by Crippen LogP contribution is 2.36. The molecule has 1 aromatic heterocycles. The van der Waals surface area contributed by atoms with E-state index < -0.39 is 0 Å². The Kier molecular flexibility index (Phi) is 3.39. The molecule has 2 fully saturated rings. The highest BCUT2D eigenvalue weighted by molar-refractivity contribution is 6.05. The number of aryl methyl sites for hydroxylation is 1. The summed E-state index contributed by atoms with van der Waals surface area (Å²) in [6.07, 6.45) is 1.86. The molecule has 3 heterocycles. The van der Waals surface area contributed by atoms with Crippen LogP contribution < -0.4 is 0 Å². The van der Waals surface area contributed by atoms with Crippen LogP contribution in [-0.4, -0.2) is 59.1 Å². The minimum absolute atomic E-state index is 0.0110. The van der Waals surface area contributed by atoms with Gasteiger partial charge in [-0.15, -0.1) is 0 Å². The molecule has 2 saturated heterocycles. The second-order valence-corrected chi connectivity index (χ2v) is 6.52. The maximum Gasteiger partial charge on any atom is 0.275 e. The van der Waals surface area contributed by atoms with Gasteiger partial charge in [-0.25, -0.2) is 0 Å². The van der Waals surface area contributed by atoms with Gasteiger partial charge >= 0.3 is 0 Å². The molecule has 0 aliphatic carbocycles. The van der Waals surface area contributed by atoms with Crippen molar-refractivity contribution in [3.8, 4) is 0 Å². The first-order valence-corrected chi connectivity index (χ1v) is 8.00. The van der Waals surface area contributed by atoms with E-state index in [-0.39, 0.29) is 17.6 Å². The molecule has 4 rings (SSSR count). The summed E-state index contributed by atoms with van der Waals surface area (Å²) in [7, 11) is 3.58. The van der Waals surface area contributed by atoms with Gasteiger partial charge in [0.15, 0.2) is 5.69 Å². The molecule has 0 radical (unpaired) electrons. The van der Waals surface area contributed by atoms with Gasteiger partial charge in [-0.3, -0.25) is 9.48 Å². The Morgan fingerprint density at radius 1 is 1.43 bits per heavy atom. The van der Waals surface area contributed by atoms with Crippen molar-refractivity contribution in [2.45, 2.75) is 24.5 Å².